The van der Waals surface area contributed by atoms with Gasteiger partial charge in [0.1, 0.15) is 29.6 Å². The number of nitriles is 1. The molecule has 1 aliphatic heterocycles. The number of Topliss-reactive ketones (excluding diaryl/α,β-unsaturated/α-hetero) is 1. The van der Waals surface area contributed by atoms with Gasteiger partial charge in [-0.05, 0) is 67.3 Å². The molecule has 2 N–H and O–H groups in total. The van der Waals surface area contributed by atoms with Crippen molar-refractivity contribution in [1.29, 1.82) is 5.26 Å². The highest BCUT2D eigenvalue weighted by Crippen LogP contribution is 2.48. The van der Waals surface area contributed by atoms with Crippen molar-refractivity contribution in [3.63, 3.8) is 0 Å². The number of nitro groups is 1. The molecular weight excluding hydrogens is 544 g/mol. The predicted octanol–water partition coefficient (Wildman–Crippen LogP) is 6.45. The second kappa shape index (κ2) is 11.4. The number of hydrogen-bond acceptors (Lipinski definition) is 8. The minimum Gasteiger partial charge on any atom is -0.496 e. The number of anilines is 1. The number of nitro benzene ring substituents is 1. The van der Waals surface area contributed by atoms with Crippen LogP contribution in [0.4, 0.5) is 11.4 Å². The summed E-state index contributed by atoms with van der Waals surface area (Å²) in [6.07, 6.45) is 1.35. The monoisotopic (exact) mass is 570 g/mol. The molecule has 10 heteroatoms. The van der Waals surface area contributed by atoms with Crippen LogP contribution in [0.2, 0.25) is 5.02 Å². The number of aryl methyl sites for hydroxylation is 1. The van der Waals surface area contributed by atoms with Crippen molar-refractivity contribution < 1.29 is 19.2 Å². The fraction of sp³-hybridized carbons (Fsp3) is 0.226. The molecule has 1 atom stereocenters. The molecule has 3 aromatic carbocycles. The highest BCUT2D eigenvalue weighted by atomic mass is 35.5. The smallest absolute Gasteiger partial charge is 0.293 e. The van der Waals surface area contributed by atoms with E-state index < -0.39 is 10.8 Å². The third-order valence-electron chi connectivity index (χ3n) is 7.39. The number of ether oxygens (including phenoxy) is 2. The quantitative estimate of drug-likeness (QED) is 0.253. The van der Waals surface area contributed by atoms with E-state index >= 15 is 0 Å². The molecule has 41 heavy (non-hydrogen) atoms. The zero-order valence-electron chi connectivity index (χ0n) is 22.5. The number of carbonyl (C=O) groups is 1. The van der Waals surface area contributed by atoms with Gasteiger partial charge in [-0.15, -0.1) is 0 Å². The van der Waals surface area contributed by atoms with Gasteiger partial charge in [0, 0.05) is 34.3 Å². The largest absolute Gasteiger partial charge is 0.496 e. The number of nitrogens with two attached hydrogens (primary N) is 1. The van der Waals surface area contributed by atoms with E-state index in [9.17, 15) is 20.2 Å². The molecule has 0 aromatic heterocycles. The Kier molecular flexibility index (Phi) is 7.68. The fourth-order valence-corrected chi connectivity index (χ4v) is 5.58. The molecule has 0 unspecified atom stereocenters. The lowest BCUT2D eigenvalue weighted by Gasteiger charge is -2.39. The van der Waals surface area contributed by atoms with E-state index in [-0.39, 0.29) is 35.2 Å². The predicted molar refractivity (Wildman–Crippen MR) is 155 cm³/mol. The summed E-state index contributed by atoms with van der Waals surface area (Å²) >= 11 is 6.15. The lowest BCUT2D eigenvalue weighted by Crippen LogP contribution is -2.39. The summed E-state index contributed by atoms with van der Waals surface area (Å²) in [6.45, 7) is 2.05. The summed E-state index contributed by atoms with van der Waals surface area (Å²) < 4.78 is 11.6. The first-order valence-corrected chi connectivity index (χ1v) is 13.4. The number of ketones is 1. The molecule has 2 aliphatic rings. The molecule has 0 fully saturated rings. The Balaban J connectivity index is 1.62. The second-order valence-electron chi connectivity index (χ2n) is 9.83. The highest BCUT2D eigenvalue weighted by molar-refractivity contribution is 6.31. The minimum absolute atomic E-state index is 0.0607. The van der Waals surface area contributed by atoms with Crippen LogP contribution in [0, 0.1) is 28.4 Å². The summed E-state index contributed by atoms with van der Waals surface area (Å²) in [5.41, 5.74) is 10.1. The van der Waals surface area contributed by atoms with Gasteiger partial charge in [-0.3, -0.25) is 19.8 Å². The lowest BCUT2D eigenvalue weighted by atomic mass is 9.75. The molecule has 0 spiro atoms. The maximum absolute atomic E-state index is 13.5. The first-order chi connectivity index (χ1) is 19.7. The molecule has 1 heterocycles. The third kappa shape index (κ3) is 5.10. The Morgan fingerprint density at radius 1 is 1.17 bits per heavy atom. The van der Waals surface area contributed by atoms with E-state index in [1.165, 1.54) is 11.0 Å². The first kappa shape index (κ1) is 27.7. The van der Waals surface area contributed by atoms with Gasteiger partial charge in [-0.1, -0.05) is 29.8 Å². The van der Waals surface area contributed by atoms with Crippen molar-refractivity contribution in [3.8, 4) is 17.6 Å². The lowest BCUT2D eigenvalue weighted by molar-refractivity contribution is -0.384. The van der Waals surface area contributed by atoms with Crippen molar-refractivity contribution in [3.05, 3.63) is 115 Å². The Morgan fingerprint density at radius 3 is 2.66 bits per heavy atom. The van der Waals surface area contributed by atoms with Crippen LogP contribution in [0.25, 0.3) is 0 Å². The zero-order chi connectivity index (χ0) is 29.3. The molecule has 0 amide bonds. The number of para-hydroxylation sites is 2. The second-order valence-corrected chi connectivity index (χ2v) is 10.2. The molecule has 5 rings (SSSR count). The molecule has 208 valence electrons. The molecule has 0 saturated carbocycles. The summed E-state index contributed by atoms with van der Waals surface area (Å²) in [5, 5.41) is 22.9. The summed E-state index contributed by atoms with van der Waals surface area (Å²) in [5.74, 6) is 0.406. The highest BCUT2D eigenvalue weighted by Gasteiger charge is 2.41. The van der Waals surface area contributed by atoms with Crippen LogP contribution < -0.4 is 20.1 Å². The Hall–Kier alpha value is -4.81. The number of hydrogen-bond donors (Lipinski definition) is 1. The summed E-state index contributed by atoms with van der Waals surface area (Å²) in [6, 6.07) is 19.2. The molecule has 0 radical (unpaired) electrons. The normalized spacial score (nSPS) is 16.8. The molecule has 0 bridgehead atoms. The van der Waals surface area contributed by atoms with Gasteiger partial charge in [0.15, 0.2) is 5.78 Å². The van der Waals surface area contributed by atoms with E-state index in [4.69, 9.17) is 26.8 Å². The SMILES string of the molecule is COc1ccc([C@H]2C(C#N)=C(N)N(c3ccccc3[N+](=O)[O-])C3=C2C(=O)CCC3)cc1COc1ccc(Cl)c(C)c1. The number of benzene rings is 3. The molecule has 3 aromatic rings. The zero-order valence-corrected chi connectivity index (χ0v) is 23.3. The molecule has 9 nitrogen and oxygen atoms in total. The van der Waals surface area contributed by atoms with E-state index in [0.29, 0.717) is 58.2 Å². The topological polar surface area (TPSA) is 132 Å². The van der Waals surface area contributed by atoms with Gasteiger partial charge >= 0.3 is 0 Å². The van der Waals surface area contributed by atoms with Crippen LogP contribution in [-0.4, -0.2) is 17.8 Å². The number of allylic oxidation sites excluding steroid dienone is 3. The van der Waals surface area contributed by atoms with Crippen LogP contribution in [0.5, 0.6) is 11.5 Å². The minimum atomic E-state index is -0.746. The Bertz CT molecular complexity index is 1670. The van der Waals surface area contributed by atoms with E-state index in [2.05, 4.69) is 6.07 Å². The van der Waals surface area contributed by atoms with Crippen LogP contribution in [0.3, 0.4) is 0 Å². The first-order valence-electron chi connectivity index (χ1n) is 13.0. The van der Waals surface area contributed by atoms with Gasteiger partial charge in [0.2, 0.25) is 0 Å². The number of carbonyl (C=O) groups excluding carboxylic acids is 1. The van der Waals surface area contributed by atoms with Gasteiger partial charge in [0.25, 0.3) is 5.69 Å². The van der Waals surface area contributed by atoms with Crippen molar-refractivity contribution in [2.75, 3.05) is 12.0 Å². The fourth-order valence-electron chi connectivity index (χ4n) is 5.46. The summed E-state index contributed by atoms with van der Waals surface area (Å²) in [4.78, 5) is 26.4. The van der Waals surface area contributed by atoms with Gasteiger partial charge in [-0.25, -0.2) is 0 Å². The van der Waals surface area contributed by atoms with Crippen molar-refractivity contribution >= 4 is 28.8 Å². The number of nitrogens with zero attached hydrogens (tertiary/aromatic N) is 3. The maximum Gasteiger partial charge on any atom is 0.293 e. The van der Waals surface area contributed by atoms with E-state index in [1.54, 1.807) is 49.6 Å². The average molecular weight is 571 g/mol. The number of rotatable bonds is 7. The van der Waals surface area contributed by atoms with Gasteiger partial charge < -0.3 is 15.2 Å². The number of halogens is 1. The van der Waals surface area contributed by atoms with Crippen LogP contribution >= 0.6 is 11.6 Å². The summed E-state index contributed by atoms with van der Waals surface area (Å²) in [7, 11) is 1.56. The van der Waals surface area contributed by atoms with Crippen molar-refractivity contribution in [2.24, 2.45) is 5.73 Å². The van der Waals surface area contributed by atoms with Gasteiger partial charge in [0.05, 0.1) is 29.6 Å². The van der Waals surface area contributed by atoms with Crippen molar-refractivity contribution in [2.45, 2.75) is 38.7 Å². The van der Waals surface area contributed by atoms with Crippen LogP contribution in [0.15, 0.2) is 83.3 Å². The van der Waals surface area contributed by atoms with Crippen molar-refractivity contribution in [1.82, 2.24) is 0 Å². The molecule has 1 aliphatic carbocycles. The average Bonchev–Trinajstić information content (AvgIpc) is 2.97. The number of methoxy groups -OCH3 is 1. The van der Waals surface area contributed by atoms with E-state index in [0.717, 1.165) is 5.56 Å². The van der Waals surface area contributed by atoms with Crippen LogP contribution in [-0.2, 0) is 11.4 Å². The van der Waals surface area contributed by atoms with Gasteiger partial charge in [-0.2, -0.15) is 5.26 Å². The standard InChI is InChI=1S/C31H27ClN4O5/c1-18-14-21(11-12-23(18)32)41-17-20-15-19(10-13-28(20)40-2)29-22(16-33)31(34)35(26-8-5-9-27(37)30(26)29)24-6-3-4-7-25(24)36(38)39/h3-4,6-7,10-15,29H,5,8-9,17,34H2,1-2H3/t29-/m0/s1. The molecule has 0 saturated heterocycles. The van der Waals surface area contributed by atoms with E-state index in [1.807, 2.05) is 19.1 Å². The van der Waals surface area contributed by atoms with Crippen LogP contribution in [0.1, 0.15) is 41.9 Å². The Morgan fingerprint density at radius 2 is 1.95 bits per heavy atom. The Labute approximate surface area is 242 Å². The third-order valence-corrected chi connectivity index (χ3v) is 7.82. The maximum atomic E-state index is 13.5. The molecular formula is C31H27ClN4O5.